The lowest BCUT2D eigenvalue weighted by Gasteiger charge is -2.35. The maximum Gasteiger partial charge on any atom is 0.243 e. The molecule has 1 heterocycles. The SMILES string of the molecule is CC(C)OCc1cccc(S(=O)(=O)N2CCN(c3ccccc3)CC2)c1. The van der Waals surface area contributed by atoms with E-state index in [0.29, 0.717) is 37.7 Å². The van der Waals surface area contributed by atoms with Gasteiger partial charge in [0.2, 0.25) is 10.0 Å². The first-order valence-electron chi connectivity index (χ1n) is 8.97. The number of benzene rings is 2. The zero-order valence-corrected chi connectivity index (χ0v) is 16.2. The van der Waals surface area contributed by atoms with Gasteiger partial charge in [0.1, 0.15) is 0 Å². The van der Waals surface area contributed by atoms with Crippen LogP contribution in [-0.4, -0.2) is 45.0 Å². The number of sulfonamides is 1. The molecule has 140 valence electrons. The van der Waals surface area contributed by atoms with Gasteiger partial charge >= 0.3 is 0 Å². The van der Waals surface area contributed by atoms with E-state index in [1.165, 1.54) is 0 Å². The minimum atomic E-state index is -3.48. The Balaban J connectivity index is 1.68. The fraction of sp³-hybridized carbons (Fsp3) is 0.400. The van der Waals surface area contributed by atoms with E-state index in [4.69, 9.17) is 4.74 Å². The lowest BCUT2D eigenvalue weighted by Crippen LogP contribution is -2.48. The molecule has 1 fully saturated rings. The maximum atomic E-state index is 13.0. The van der Waals surface area contributed by atoms with Crippen LogP contribution < -0.4 is 4.90 Å². The molecular weight excluding hydrogens is 348 g/mol. The molecule has 2 aromatic rings. The number of anilines is 1. The first-order chi connectivity index (χ1) is 12.5. The van der Waals surface area contributed by atoms with E-state index in [1.54, 1.807) is 22.5 Å². The van der Waals surface area contributed by atoms with Gasteiger partial charge in [-0.25, -0.2) is 8.42 Å². The van der Waals surface area contributed by atoms with E-state index >= 15 is 0 Å². The van der Waals surface area contributed by atoms with Gasteiger partial charge in [0.25, 0.3) is 0 Å². The summed E-state index contributed by atoms with van der Waals surface area (Å²) in [5.74, 6) is 0. The summed E-state index contributed by atoms with van der Waals surface area (Å²) in [6, 6.07) is 17.2. The molecule has 0 N–H and O–H groups in total. The van der Waals surface area contributed by atoms with Crippen LogP contribution in [0.2, 0.25) is 0 Å². The maximum absolute atomic E-state index is 13.0. The Kier molecular flexibility index (Phi) is 5.96. The molecule has 0 spiro atoms. The highest BCUT2D eigenvalue weighted by Crippen LogP contribution is 2.22. The van der Waals surface area contributed by atoms with E-state index in [2.05, 4.69) is 17.0 Å². The van der Waals surface area contributed by atoms with Crippen LogP contribution in [0.3, 0.4) is 0 Å². The molecule has 1 aliphatic heterocycles. The average Bonchev–Trinajstić information content (AvgIpc) is 2.67. The second kappa shape index (κ2) is 8.20. The van der Waals surface area contributed by atoms with Gasteiger partial charge in [0.15, 0.2) is 0 Å². The minimum absolute atomic E-state index is 0.112. The summed E-state index contributed by atoms with van der Waals surface area (Å²) >= 11 is 0. The second-order valence-corrected chi connectivity index (χ2v) is 8.67. The van der Waals surface area contributed by atoms with Gasteiger partial charge in [-0.15, -0.1) is 0 Å². The van der Waals surface area contributed by atoms with Crippen molar-refractivity contribution in [3.8, 4) is 0 Å². The van der Waals surface area contributed by atoms with Crippen molar-refractivity contribution in [2.24, 2.45) is 0 Å². The lowest BCUT2D eigenvalue weighted by molar-refractivity contribution is 0.0656. The first-order valence-corrected chi connectivity index (χ1v) is 10.4. The summed E-state index contributed by atoms with van der Waals surface area (Å²) in [7, 11) is -3.48. The van der Waals surface area contributed by atoms with Crippen molar-refractivity contribution in [2.75, 3.05) is 31.1 Å². The van der Waals surface area contributed by atoms with Gasteiger partial charge in [-0.1, -0.05) is 30.3 Å². The predicted molar refractivity (Wildman–Crippen MR) is 104 cm³/mol. The van der Waals surface area contributed by atoms with Crippen LogP contribution >= 0.6 is 0 Å². The fourth-order valence-corrected chi connectivity index (χ4v) is 4.53. The highest BCUT2D eigenvalue weighted by atomic mass is 32.2. The third-order valence-electron chi connectivity index (χ3n) is 4.48. The summed E-state index contributed by atoms with van der Waals surface area (Å²) in [5.41, 5.74) is 2.01. The Morgan fingerprint density at radius 2 is 1.65 bits per heavy atom. The van der Waals surface area contributed by atoms with Crippen LogP contribution in [0.4, 0.5) is 5.69 Å². The topological polar surface area (TPSA) is 49.9 Å². The third-order valence-corrected chi connectivity index (χ3v) is 6.37. The molecule has 1 aliphatic rings. The van der Waals surface area contributed by atoms with Crippen molar-refractivity contribution < 1.29 is 13.2 Å². The number of hydrogen-bond acceptors (Lipinski definition) is 4. The van der Waals surface area contributed by atoms with Crippen LogP contribution in [0.25, 0.3) is 0 Å². The van der Waals surface area contributed by atoms with Crippen molar-refractivity contribution in [3.05, 3.63) is 60.2 Å². The normalized spacial score (nSPS) is 16.2. The molecule has 5 nitrogen and oxygen atoms in total. The Morgan fingerprint density at radius 1 is 0.962 bits per heavy atom. The average molecular weight is 375 g/mol. The van der Waals surface area contributed by atoms with Crippen LogP contribution in [0.5, 0.6) is 0 Å². The lowest BCUT2D eigenvalue weighted by atomic mass is 10.2. The van der Waals surface area contributed by atoms with Crippen molar-refractivity contribution in [1.82, 2.24) is 4.31 Å². The molecule has 0 saturated carbocycles. The van der Waals surface area contributed by atoms with Gasteiger partial charge in [-0.2, -0.15) is 4.31 Å². The number of nitrogens with zero attached hydrogens (tertiary/aromatic N) is 2. The molecule has 0 unspecified atom stereocenters. The molecule has 0 amide bonds. The predicted octanol–water partition coefficient (Wildman–Crippen LogP) is 3.12. The number of para-hydroxylation sites is 1. The van der Waals surface area contributed by atoms with Crippen LogP contribution in [-0.2, 0) is 21.4 Å². The first kappa shape index (κ1) is 18.9. The summed E-state index contributed by atoms with van der Waals surface area (Å²) in [5, 5.41) is 0. The van der Waals surface area contributed by atoms with Crippen LogP contribution in [0.15, 0.2) is 59.5 Å². The van der Waals surface area contributed by atoms with E-state index in [0.717, 1.165) is 11.3 Å². The molecule has 0 aromatic heterocycles. The number of ether oxygens (including phenoxy) is 1. The molecule has 26 heavy (non-hydrogen) atoms. The van der Waals surface area contributed by atoms with Crippen molar-refractivity contribution >= 4 is 15.7 Å². The summed E-state index contributed by atoms with van der Waals surface area (Å²) in [4.78, 5) is 2.56. The Hall–Kier alpha value is -1.89. The number of rotatable bonds is 6. The zero-order chi connectivity index (χ0) is 18.6. The molecule has 2 aromatic carbocycles. The molecule has 0 atom stereocenters. The van der Waals surface area contributed by atoms with Crippen LogP contribution in [0.1, 0.15) is 19.4 Å². The second-order valence-electron chi connectivity index (χ2n) is 6.73. The number of piperazine rings is 1. The number of hydrogen-bond donors (Lipinski definition) is 0. The molecule has 6 heteroatoms. The van der Waals surface area contributed by atoms with Crippen molar-refractivity contribution in [3.63, 3.8) is 0 Å². The molecule has 3 rings (SSSR count). The highest BCUT2D eigenvalue weighted by Gasteiger charge is 2.28. The molecular formula is C20H26N2O3S. The molecule has 1 saturated heterocycles. The highest BCUT2D eigenvalue weighted by molar-refractivity contribution is 7.89. The Bertz CT molecular complexity index is 814. The molecule has 0 aliphatic carbocycles. The standard InChI is InChI=1S/C20H26N2O3S/c1-17(2)25-16-18-7-6-10-20(15-18)26(23,24)22-13-11-21(12-14-22)19-8-4-3-5-9-19/h3-10,15,17H,11-14,16H2,1-2H3. The van der Waals surface area contributed by atoms with Crippen LogP contribution in [0, 0.1) is 0 Å². The van der Waals surface area contributed by atoms with Crippen molar-refractivity contribution in [1.29, 1.82) is 0 Å². The minimum Gasteiger partial charge on any atom is -0.374 e. The third kappa shape index (κ3) is 4.44. The summed E-state index contributed by atoms with van der Waals surface area (Å²) in [6.07, 6.45) is 0.112. The molecule has 0 radical (unpaired) electrons. The van der Waals surface area contributed by atoms with Gasteiger partial charge in [0.05, 0.1) is 17.6 Å². The van der Waals surface area contributed by atoms with E-state index in [-0.39, 0.29) is 6.10 Å². The van der Waals surface area contributed by atoms with Gasteiger partial charge < -0.3 is 9.64 Å². The van der Waals surface area contributed by atoms with Gasteiger partial charge in [0, 0.05) is 31.9 Å². The summed E-state index contributed by atoms with van der Waals surface area (Å²) in [6.45, 7) is 6.72. The van der Waals surface area contributed by atoms with Gasteiger partial charge in [-0.3, -0.25) is 0 Å². The monoisotopic (exact) mass is 374 g/mol. The Morgan fingerprint density at radius 3 is 2.31 bits per heavy atom. The van der Waals surface area contributed by atoms with Crippen molar-refractivity contribution in [2.45, 2.75) is 31.5 Å². The fourth-order valence-electron chi connectivity index (χ4n) is 3.03. The van der Waals surface area contributed by atoms with E-state index in [9.17, 15) is 8.42 Å². The largest absolute Gasteiger partial charge is 0.374 e. The zero-order valence-electron chi connectivity index (χ0n) is 15.3. The summed E-state index contributed by atoms with van der Waals surface area (Å²) < 4.78 is 33.1. The van der Waals surface area contributed by atoms with Gasteiger partial charge in [-0.05, 0) is 43.7 Å². The van der Waals surface area contributed by atoms with E-state index in [1.807, 2.05) is 38.1 Å². The smallest absolute Gasteiger partial charge is 0.243 e. The molecule has 0 bridgehead atoms. The quantitative estimate of drug-likeness (QED) is 0.780. The Labute approximate surface area is 156 Å². The van der Waals surface area contributed by atoms with E-state index < -0.39 is 10.0 Å².